The Morgan fingerprint density at radius 2 is 1.71 bits per heavy atom. The SMILES string of the molecule is C[N+]([O-])(CO)CO. The molecule has 0 unspecified atom stereocenters. The number of aliphatic hydroxyl groups excluding tert-OH is 2. The number of aliphatic hydroxyl groups is 2. The lowest BCUT2D eigenvalue weighted by Gasteiger charge is -2.32. The highest BCUT2D eigenvalue weighted by Gasteiger charge is 2.01. The summed E-state index contributed by atoms with van der Waals surface area (Å²) in [7, 11) is 1.18. The molecule has 0 aliphatic rings. The zero-order chi connectivity index (χ0) is 5.91. The Kier molecular flexibility index (Phi) is 2.17. The van der Waals surface area contributed by atoms with Crippen LogP contribution in [0.25, 0.3) is 0 Å². The van der Waals surface area contributed by atoms with Crippen molar-refractivity contribution in [3.63, 3.8) is 0 Å². The van der Waals surface area contributed by atoms with Gasteiger partial charge in [0.05, 0.1) is 7.05 Å². The first kappa shape index (κ1) is 6.84. The minimum atomic E-state index is -1.00. The van der Waals surface area contributed by atoms with E-state index in [0.29, 0.717) is 0 Å². The summed E-state index contributed by atoms with van der Waals surface area (Å²) in [5.74, 6) is 0. The smallest absolute Gasteiger partial charge is 0.181 e. The first-order chi connectivity index (χ1) is 3.12. The summed E-state index contributed by atoms with van der Waals surface area (Å²) in [6.45, 7) is -1.15. The molecule has 0 heterocycles. The van der Waals surface area contributed by atoms with E-state index >= 15 is 0 Å². The Bertz CT molecular complexity index is 48.1. The van der Waals surface area contributed by atoms with Crippen molar-refractivity contribution in [2.75, 3.05) is 20.5 Å². The van der Waals surface area contributed by atoms with Crippen LogP contribution in [0.1, 0.15) is 0 Å². The maximum absolute atomic E-state index is 10.3. The van der Waals surface area contributed by atoms with Gasteiger partial charge in [0, 0.05) is 0 Å². The molecule has 7 heavy (non-hydrogen) atoms. The number of rotatable bonds is 2. The standard InChI is InChI=1S/C3H9NO3/c1-4(7,2-5)3-6/h5-6H,2-3H2,1H3. The Morgan fingerprint density at radius 1 is 1.43 bits per heavy atom. The van der Waals surface area contributed by atoms with Crippen molar-refractivity contribution in [2.45, 2.75) is 0 Å². The quantitative estimate of drug-likeness (QED) is 0.265. The minimum Gasteiger partial charge on any atom is -0.630 e. The van der Waals surface area contributed by atoms with Crippen LogP contribution in [0.4, 0.5) is 0 Å². The van der Waals surface area contributed by atoms with Gasteiger partial charge >= 0.3 is 0 Å². The predicted molar refractivity (Wildman–Crippen MR) is 23.7 cm³/mol. The van der Waals surface area contributed by atoms with Gasteiger partial charge in [-0.3, -0.25) is 0 Å². The van der Waals surface area contributed by atoms with Gasteiger partial charge in [0.2, 0.25) is 0 Å². The first-order valence-electron chi connectivity index (χ1n) is 1.89. The summed E-state index contributed by atoms with van der Waals surface area (Å²) < 4.78 is -1.00. The maximum Gasteiger partial charge on any atom is 0.181 e. The molecule has 4 heteroatoms. The van der Waals surface area contributed by atoms with E-state index in [2.05, 4.69) is 0 Å². The normalized spacial score (nSPS) is 12.0. The highest BCUT2D eigenvalue weighted by Crippen LogP contribution is 1.90. The van der Waals surface area contributed by atoms with E-state index in [9.17, 15) is 5.21 Å². The van der Waals surface area contributed by atoms with E-state index in [4.69, 9.17) is 10.2 Å². The molecule has 0 aromatic carbocycles. The third kappa shape index (κ3) is 2.52. The van der Waals surface area contributed by atoms with Crippen LogP contribution in [-0.4, -0.2) is 35.4 Å². The van der Waals surface area contributed by atoms with Crippen molar-refractivity contribution in [1.82, 2.24) is 0 Å². The Labute approximate surface area is 41.8 Å². The van der Waals surface area contributed by atoms with Gasteiger partial charge in [0.1, 0.15) is 0 Å². The second-order valence-corrected chi connectivity index (χ2v) is 1.58. The number of hydrogen-bond acceptors (Lipinski definition) is 3. The third-order valence-corrected chi connectivity index (χ3v) is 0.598. The van der Waals surface area contributed by atoms with E-state index < -0.39 is 18.1 Å². The summed E-state index contributed by atoms with van der Waals surface area (Å²) in [6.07, 6.45) is 0. The average Bonchev–Trinajstić information content (AvgIpc) is 1.68. The lowest BCUT2D eigenvalue weighted by molar-refractivity contribution is -0.898. The van der Waals surface area contributed by atoms with Gasteiger partial charge in [0.15, 0.2) is 13.5 Å². The van der Waals surface area contributed by atoms with Gasteiger partial charge in [-0.05, 0) is 0 Å². The monoisotopic (exact) mass is 107 g/mol. The molecule has 0 aliphatic heterocycles. The fourth-order valence-corrected chi connectivity index (χ4v) is 0.0447. The van der Waals surface area contributed by atoms with E-state index in [1.807, 2.05) is 0 Å². The van der Waals surface area contributed by atoms with Gasteiger partial charge in [-0.1, -0.05) is 0 Å². The second kappa shape index (κ2) is 2.23. The van der Waals surface area contributed by atoms with Crippen molar-refractivity contribution in [3.05, 3.63) is 5.21 Å². The largest absolute Gasteiger partial charge is 0.630 e. The molecule has 0 aliphatic carbocycles. The lowest BCUT2D eigenvalue weighted by atomic mass is 10.9. The summed E-state index contributed by atoms with van der Waals surface area (Å²) in [5, 5.41) is 26.5. The highest BCUT2D eigenvalue weighted by atomic mass is 16.6. The van der Waals surface area contributed by atoms with Gasteiger partial charge in [-0.2, -0.15) is 0 Å². The molecule has 0 amide bonds. The highest BCUT2D eigenvalue weighted by molar-refractivity contribution is 4.14. The molecule has 0 aromatic heterocycles. The van der Waals surface area contributed by atoms with Crippen molar-refractivity contribution in [1.29, 1.82) is 0 Å². The zero-order valence-corrected chi connectivity index (χ0v) is 4.16. The molecule has 0 bridgehead atoms. The maximum atomic E-state index is 10.3. The molecule has 2 N–H and O–H groups in total. The van der Waals surface area contributed by atoms with Crippen molar-refractivity contribution in [3.8, 4) is 0 Å². The fourth-order valence-electron chi connectivity index (χ4n) is 0.0447. The van der Waals surface area contributed by atoms with Crippen molar-refractivity contribution >= 4 is 0 Å². The molecule has 0 radical (unpaired) electrons. The average molecular weight is 107 g/mol. The summed E-state index contributed by atoms with van der Waals surface area (Å²) in [5.41, 5.74) is 0. The lowest BCUT2D eigenvalue weighted by Crippen LogP contribution is -2.38. The first-order valence-corrected chi connectivity index (χ1v) is 1.89. The molecule has 0 rings (SSSR count). The van der Waals surface area contributed by atoms with Crippen molar-refractivity contribution < 1.29 is 14.9 Å². The van der Waals surface area contributed by atoms with Gasteiger partial charge in [0.25, 0.3) is 0 Å². The second-order valence-electron chi connectivity index (χ2n) is 1.58. The van der Waals surface area contributed by atoms with E-state index in [1.165, 1.54) is 7.05 Å². The van der Waals surface area contributed by atoms with Crippen LogP contribution in [0, 0.1) is 5.21 Å². The van der Waals surface area contributed by atoms with Crippen LogP contribution in [0.5, 0.6) is 0 Å². The Balaban J connectivity index is 3.36. The van der Waals surface area contributed by atoms with Gasteiger partial charge < -0.3 is 20.1 Å². The molecule has 44 valence electrons. The molecule has 0 fully saturated rings. The fraction of sp³-hybridized carbons (Fsp3) is 1.00. The molecule has 0 saturated carbocycles. The molecule has 0 spiro atoms. The number of quaternary nitrogens is 1. The topological polar surface area (TPSA) is 63.5 Å². The predicted octanol–water partition coefficient (Wildman–Crippen LogP) is -1.17. The van der Waals surface area contributed by atoms with E-state index in [-0.39, 0.29) is 0 Å². The molecular weight excluding hydrogens is 98.0 g/mol. The van der Waals surface area contributed by atoms with Crippen LogP contribution < -0.4 is 0 Å². The zero-order valence-electron chi connectivity index (χ0n) is 4.16. The Morgan fingerprint density at radius 3 is 1.71 bits per heavy atom. The molecule has 0 aromatic rings. The van der Waals surface area contributed by atoms with Gasteiger partial charge in [-0.15, -0.1) is 0 Å². The Hall–Kier alpha value is -0.160. The third-order valence-electron chi connectivity index (χ3n) is 0.598. The summed E-state index contributed by atoms with van der Waals surface area (Å²) >= 11 is 0. The van der Waals surface area contributed by atoms with E-state index in [0.717, 1.165) is 0 Å². The van der Waals surface area contributed by atoms with Crippen LogP contribution in [0.15, 0.2) is 0 Å². The minimum absolute atomic E-state index is 0.573. The summed E-state index contributed by atoms with van der Waals surface area (Å²) in [4.78, 5) is 0. The molecule has 0 atom stereocenters. The van der Waals surface area contributed by atoms with Crippen LogP contribution >= 0.6 is 0 Å². The molecule has 0 saturated heterocycles. The van der Waals surface area contributed by atoms with Crippen molar-refractivity contribution in [2.24, 2.45) is 0 Å². The number of nitrogens with zero attached hydrogens (tertiary/aromatic N) is 1. The number of hydroxylamine groups is 3. The number of hydrogen-bond donors (Lipinski definition) is 2. The molecule has 4 nitrogen and oxygen atoms in total. The summed E-state index contributed by atoms with van der Waals surface area (Å²) in [6, 6.07) is 0. The molecular formula is C3H9NO3. The van der Waals surface area contributed by atoms with Crippen LogP contribution in [-0.2, 0) is 0 Å². The van der Waals surface area contributed by atoms with E-state index in [1.54, 1.807) is 0 Å². The van der Waals surface area contributed by atoms with Crippen LogP contribution in [0.2, 0.25) is 0 Å². The van der Waals surface area contributed by atoms with Gasteiger partial charge in [-0.25, -0.2) is 0 Å². The van der Waals surface area contributed by atoms with Crippen LogP contribution in [0.3, 0.4) is 0 Å².